The van der Waals surface area contributed by atoms with Gasteiger partial charge in [0, 0.05) is 0 Å². The van der Waals surface area contributed by atoms with Crippen LogP contribution in [0.4, 0.5) is 0 Å². The van der Waals surface area contributed by atoms with E-state index in [0.29, 0.717) is 0 Å². The Labute approximate surface area is 239 Å². The molecule has 0 aliphatic heterocycles. The van der Waals surface area contributed by atoms with Gasteiger partial charge < -0.3 is 0 Å². The average Bonchev–Trinajstić information content (AvgIpc) is 3.65. The second-order valence-electron chi connectivity index (χ2n) is 11.1. The summed E-state index contributed by atoms with van der Waals surface area (Å²) in [6, 6.07) is 28.7. The fourth-order valence-electron chi connectivity index (χ4n) is 6.86. The smallest absolute Gasteiger partial charge is 0.000709 e. The largest absolute Gasteiger partial charge is 0.0801 e. The molecular weight excluding hydrogens is 480 g/mol. The van der Waals surface area contributed by atoms with Crippen molar-refractivity contribution in [2.75, 3.05) is 0 Å². The molecule has 0 saturated heterocycles. The molecule has 0 unspecified atom stereocenters. The molecular formula is C40H39. The summed E-state index contributed by atoms with van der Waals surface area (Å²) in [7, 11) is 0. The van der Waals surface area contributed by atoms with Gasteiger partial charge in [0.2, 0.25) is 0 Å². The van der Waals surface area contributed by atoms with Crippen LogP contribution in [0.3, 0.4) is 0 Å². The average molecular weight is 520 g/mol. The zero-order chi connectivity index (χ0) is 27.5. The molecule has 0 heteroatoms. The van der Waals surface area contributed by atoms with Crippen molar-refractivity contribution in [1.82, 2.24) is 0 Å². The maximum absolute atomic E-state index is 4.01. The van der Waals surface area contributed by atoms with Crippen LogP contribution in [-0.2, 0) is 19.3 Å². The van der Waals surface area contributed by atoms with Crippen LogP contribution in [0.1, 0.15) is 85.4 Å². The lowest BCUT2D eigenvalue weighted by Gasteiger charge is -2.21. The minimum atomic E-state index is 1.01. The van der Waals surface area contributed by atoms with Gasteiger partial charge in [-0.25, -0.2) is 0 Å². The number of rotatable bonds is 9. The number of hydrogen-bond donors (Lipinski definition) is 0. The second kappa shape index (κ2) is 11.7. The summed E-state index contributed by atoms with van der Waals surface area (Å²) in [5, 5.41) is 5.47. The zero-order valence-electron chi connectivity index (χ0n) is 24.2. The first-order valence-corrected chi connectivity index (χ1v) is 15.2. The highest BCUT2D eigenvalue weighted by Crippen LogP contribution is 2.32. The number of benzene rings is 4. The normalized spacial score (nSPS) is 13.1. The van der Waals surface area contributed by atoms with Crippen LogP contribution in [0.25, 0.3) is 17.2 Å². The van der Waals surface area contributed by atoms with Gasteiger partial charge in [-0.05, 0) is 103 Å². The highest BCUT2D eigenvalue weighted by atomic mass is 14.3. The molecule has 0 N–H and O–H groups in total. The van der Waals surface area contributed by atoms with Gasteiger partial charge in [0.25, 0.3) is 0 Å². The molecule has 0 fully saturated rings. The van der Waals surface area contributed by atoms with Crippen molar-refractivity contribution in [1.29, 1.82) is 0 Å². The van der Waals surface area contributed by atoms with Crippen LogP contribution in [0.15, 0.2) is 97.1 Å². The second-order valence-corrected chi connectivity index (χ2v) is 11.1. The van der Waals surface area contributed by atoms with E-state index in [1.54, 1.807) is 16.7 Å². The van der Waals surface area contributed by atoms with Gasteiger partial charge in [-0.1, -0.05) is 137 Å². The van der Waals surface area contributed by atoms with Crippen molar-refractivity contribution in [3.63, 3.8) is 0 Å². The summed E-state index contributed by atoms with van der Waals surface area (Å²) in [6.45, 7) is 7.00. The summed E-state index contributed by atoms with van der Waals surface area (Å²) in [6.07, 6.45) is 18.7. The lowest BCUT2D eigenvalue weighted by molar-refractivity contribution is 0.816. The Hall–Kier alpha value is -3.90. The summed E-state index contributed by atoms with van der Waals surface area (Å²) in [4.78, 5) is 0. The SMILES string of the molecule is CCCc1c(CCC)c(CCC)c2c(c1C1=CC=CC1)=[C]c1cccc(=C(c3ccccc3)c3ccccc3)c1=2. The van der Waals surface area contributed by atoms with Gasteiger partial charge in [0.15, 0.2) is 0 Å². The van der Waals surface area contributed by atoms with Crippen molar-refractivity contribution in [3.8, 4) is 0 Å². The molecule has 0 saturated carbocycles. The van der Waals surface area contributed by atoms with E-state index in [1.807, 2.05) is 0 Å². The van der Waals surface area contributed by atoms with Gasteiger partial charge >= 0.3 is 0 Å². The minimum Gasteiger partial charge on any atom is -0.0801 e. The van der Waals surface area contributed by atoms with Crippen LogP contribution in [0.2, 0.25) is 0 Å². The Bertz CT molecular complexity index is 1780. The molecule has 0 atom stereocenters. The Morgan fingerprint density at radius 3 is 1.88 bits per heavy atom. The van der Waals surface area contributed by atoms with Gasteiger partial charge in [0.1, 0.15) is 0 Å². The third-order valence-corrected chi connectivity index (χ3v) is 8.39. The first-order valence-electron chi connectivity index (χ1n) is 15.2. The number of allylic oxidation sites excluding steroid dienone is 4. The maximum atomic E-state index is 4.01. The van der Waals surface area contributed by atoms with E-state index in [2.05, 4.69) is 124 Å². The van der Waals surface area contributed by atoms with E-state index < -0.39 is 0 Å². The fourth-order valence-corrected chi connectivity index (χ4v) is 6.86. The van der Waals surface area contributed by atoms with Crippen LogP contribution >= 0.6 is 0 Å². The highest BCUT2D eigenvalue weighted by molar-refractivity contribution is 5.82. The molecule has 199 valence electrons. The molecule has 2 aliphatic rings. The van der Waals surface area contributed by atoms with Gasteiger partial charge in [-0.3, -0.25) is 0 Å². The van der Waals surface area contributed by atoms with Crippen molar-refractivity contribution in [2.45, 2.75) is 65.7 Å². The molecule has 0 spiro atoms. The third-order valence-electron chi connectivity index (χ3n) is 8.39. The lowest BCUT2D eigenvalue weighted by atomic mass is 9.83. The van der Waals surface area contributed by atoms with Crippen LogP contribution in [0, 0.1) is 10.4 Å². The molecule has 0 nitrogen and oxygen atoms in total. The van der Waals surface area contributed by atoms with Crippen LogP contribution in [0.5, 0.6) is 0 Å². The van der Waals surface area contributed by atoms with Crippen molar-refractivity contribution in [2.24, 2.45) is 0 Å². The van der Waals surface area contributed by atoms with E-state index in [0.717, 1.165) is 44.9 Å². The topological polar surface area (TPSA) is 0 Å². The molecule has 0 aromatic heterocycles. The first-order chi connectivity index (χ1) is 19.8. The van der Waals surface area contributed by atoms with E-state index in [4.69, 9.17) is 0 Å². The number of hydrogen-bond acceptors (Lipinski definition) is 0. The van der Waals surface area contributed by atoms with Crippen LogP contribution in [-0.4, -0.2) is 0 Å². The van der Waals surface area contributed by atoms with E-state index >= 15 is 0 Å². The molecule has 0 bridgehead atoms. The Kier molecular flexibility index (Phi) is 7.69. The summed E-state index contributed by atoms with van der Waals surface area (Å²) >= 11 is 0. The van der Waals surface area contributed by atoms with Crippen molar-refractivity contribution in [3.05, 3.63) is 157 Å². The lowest BCUT2D eigenvalue weighted by Crippen LogP contribution is -2.20. The molecule has 6 rings (SSSR count). The quantitative estimate of drug-likeness (QED) is 0.183. The van der Waals surface area contributed by atoms with E-state index in [1.165, 1.54) is 54.3 Å². The summed E-state index contributed by atoms with van der Waals surface area (Å²) in [5.74, 6) is 0. The summed E-state index contributed by atoms with van der Waals surface area (Å²) < 4.78 is 0. The first kappa shape index (κ1) is 26.3. The third kappa shape index (κ3) is 4.60. The molecule has 1 radical (unpaired) electrons. The van der Waals surface area contributed by atoms with Gasteiger partial charge in [-0.15, -0.1) is 0 Å². The molecule has 0 heterocycles. The summed E-state index contributed by atoms with van der Waals surface area (Å²) in [5.41, 5.74) is 12.7. The minimum absolute atomic E-state index is 1.01. The number of fused-ring (bicyclic) bond motifs is 2. The Morgan fingerprint density at radius 2 is 1.27 bits per heavy atom. The van der Waals surface area contributed by atoms with Crippen molar-refractivity contribution < 1.29 is 0 Å². The van der Waals surface area contributed by atoms with Crippen LogP contribution < -0.4 is 10.4 Å². The predicted octanol–water partition coefficient (Wildman–Crippen LogP) is 8.44. The molecule has 4 aromatic rings. The molecule has 2 aliphatic carbocycles. The molecule has 40 heavy (non-hydrogen) atoms. The Morgan fingerprint density at radius 1 is 0.650 bits per heavy atom. The fraction of sp³-hybridized carbons (Fsp3) is 0.250. The molecule has 4 aromatic carbocycles. The van der Waals surface area contributed by atoms with E-state index in [-0.39, 0.29) is 0 Å². The monoisotopic (exact) mass is 519 g/mol. The zero-order valence-corrected chi connectivity index (χ0v) is 24.2. The molecule has 0 amide bonds. The van der Waals surface area contributed by atoms with E-state index in [9.17, 15) is 0 Å². The van der Waals surface area contributed by atoms with Crippen molar-refractivity contribution >= 4 is 17.2 Å². The standard InChI is InChI=1S/C40H39/c1-4-16-32-33(17-5-2)38(30-23-13-14-24-30)36-27-31-25-15-26-35(39(31)40(36)34(32)18-6-3)37(28-19-9-7-10-20-28)29-21-11-8-12-22-29/h7-15,19-23,25-26H,4-6,16-18,24H2,1-3H3. The maximum Gasteiger partial charge on any atom is -0.000709 e. The predicted molar refractivity (Wildman–Crippen MR) is 171 cm³/mol. The Balaban J connectivity index is 1.89. The van der Waals surface area contributed by atoms with Gasteiger partial charge in [-0.2, -0.15) is 0 Å². The highest BCUT2D eigenvalue weighted by Gasteiger charge is 2.23. The van der Waals surface area contributed by atoms with Gasteiger partial charge in [0.05, 0.1) is 0 Å².